The zero-order chi connectivity index (χ0) is 13.6. The van der Waals surface area contributed by atoms with E-state index in [1.807, 2.05) is 18.2 Å². The molecule has 1 atom stereocenters. The lowest BCUT2D eigenvalue weighted by Gasteiger charge is -2.17. The van der Waals surface area contributed by atoms with Crippen molar-refractivity contribution >= 4 is 29.8 Å². The number of rotatable bonds is 6. The summed E-state index contributed by atoms with van der Waals surface area (Å²) in [7, 11) is 0.775. The highest BCUT2D eigenvalue weighted by Crippen LogP contribution is 2.41. The van der Waals surface area contributed by atoms with E-state index in [2.05, 4.69) is 31.4 Å². The van der Waals surface area contributed by atoms with E-state index < -0.39 is 8.25 Å². The Balaban J connectivity index is 2.59. The molecular weight excluding hydrogens is 287 g/mol. The molecule has 6 heteroatoms. The first-order valence-electron chi connectivity index (χ1n) is 5.59. The van der Waals surface area contributed by atoms with Crippen LogP contribution in [0, 0.1) is 0 Å². The standard InChI is InChI=1S/C12H17O3PS2/c1-12(2,3)18-17-11-7-5-4-6-10(11)8-9-15-16(13)14/h4-7H,8-9H2,1-3H3. The summed E-state index contributed by atoms with van der Waals surface area (Å²) in [6.07, 6.45) is 0.608. The van der Waals surface area contributed by atoms with E-state index >= 15 is 0 Å². The molecule has 0 saturated carbocycles. The van der Waals surface area contributed by atoms with Gasteiger partial charge in [0.05, 0.1) is 0 Å². The first kappa shape index (κ1) is 16.0. The van der Waals surface area contributed by atoms with Gasteiger partial charge in [0, 0.05) is 16.1 Å². The molecule has 1 rings (SSSR count). The first-order valence-corrected chi connectivity index (χ1v) is 8.84. The van der Waals surface area contributed by atoms with Crippen LogP contribution in [0.5, 0.6) is 0 Å². The van der Waals surface area contributed by atoms with Gasteiger partial charge in [0.1, 0.15) is 6.61 Å². The van der Waals surface area contributed by atoms with Gasteiger partial charge in [-0.1, -0.05) is 60.6 Å². The third kappa shape index (κ3) is 6.76. The minimum absolute atomic E-state index is 0.187. The fraction of sp³-hybridized carbons (Fsp3) is 0.500. The highest BCUT2D eigenvalue weighted by atomic mass is 33.1. The second-order valence-corrected chi connectivity index (χ2v) is 8.40. The van der Waals surface area contributed by atoms with Crippen molar-refractivity contribution in [2.24, 2.45) is 0 Å². The summed E-state index contributed by atoms with van der Waals surface area (Å²) in [5.74, 6) is 0. The van der Waals surface area contributed by atoms with Gasteiger partial charge in [-0.2, -0.15) is 0 Å². The molecule has 3 nitrogen and oxygen atoms in total. The lowest BCUT2D eigenvalue weighted by molar-refractivity contribution is -0.185. The van der Waals surface area contributed by atoms with Crippen LogP contribution in [0.3, 0.4) is 0 Å². The van der Waals surface area contributed by atoms with E-state index in [-0.39, 0.29) is 11.4 Å². The van der Waals surface area contributed by atoms with E-state index in [4.69, 9.17) is 0 Å². The fourth-order valence-corrected chi connectivity index (χ4v) is 3.69. The maximum atomic E-state index is 10.3. The summed E-state index contributed by atoms with van der Waals surface area (Å²) in [6.45, 7) is 6.70. The molecule has 18 heavy (non-hydrogen) atoms. The first-order chi connectivity index (χ1) is 8.38. The Morgan fingerprint density at radius 2 is 2.00 bits per heavy atom. The Morgan fingerprint density at radius 1 is 1.33 bits per heavy atom. The molecule has 0 spiro atoms. The fourth-order valence-electron chi connectivity index (χ4n) is 1.19. The summed E-state index contributed by atoms with van der Waals surface area (Å²) in [5, 5.41) is 0. The van der Waals surface area contributed by atoms with Crippen molar-refractivity contribution in [2.45, 2.75) is 36.8 Å². The molecule has 0 fully saturated rings. The molecule has 0 aliphatic rings. The lowest BCUT2D eigenvalue weighted by atomic mass is 10.2. The predicted molar refractivity (Wildman–Crippen MR) is 76.9 cm³/mol. The van der Waals surface area contributed by atoms with Gasteiger partial charge in [-0.05, 0) is 16.2 Å². The van der Waals surface area contributed by atoms with Gasteiger partial charge in [0.2, 0.25) is 0 Å². The third-order valence-corrected chi connectivity index (χ3v) is 5.77. The van der Waals surface area contributed by atoms with Gasteiger partial charge in [0.25, 0.3) is 0 Å². The van der Waals surface area contributed by atoms with Crippen molar-refractivity contribution in [3.05, 3.63) is 29.8 Å². The topological polar surface area (TPSA) is 49.4 Å². The normalized spacial score (nSPS) is 12.6. The number of benzene rings is 1. The van der Waals surface area contributed by atoms with Gasteiger partial charge in [-0.25, -0.2) is 0 Å². The van der Waals surface area contributed by atoms with Crippen LogP contribution in [0.2, 0.25) is 0 Å². The maximum absolute atomic E-state index is 10.3. The Morgan fingerprint density at radius 3 is 2.61 bits per heavy atom. The van der Waals surface area contributed by atoms with E-state index in [1.54, 1.807) is 21.6 Å². The average Bonchev–Trinajstić information content (AvgIpc) is 2.26. The van der Waals surface area contributed by atoms with Gasteiger partial charge < -0.3 is 4.89 Å². The predicted octanol–water partition coefficient (Wildman–Crippen LogP) is 3.80. The SMILES string of the molecule is CC(C)(C)SSc1ccccc1CCO[P+](=O)[O-]. The van der Waals surface area contributed by atoms with Crippen LogP contribution in [0.1, 0.15) is 26.3 Å². The highest BCUT2D eigenvalue weighted by Gasteiger charge is 2.13. The summed E-state index contributed by atoms with van der Waals surface area (Å²) in [5.41, 5.74) is 1.12. The quantitative estimate of drug-likeness (QED) is 0.591. The molecule has 0 amide bonds. The summed E-state index contributed by atoms with van der Waals surface area (Å²) >= 11 is 0. The van der Waals surface area contributed by atoms with Gasteiger partial charge in [-0.15, -0.1) is 4.52 Å². The van der Waals surface area contributed by atoms with Crippen LogP contribution < -0.4 is 4.89 Å². The van der Waals surface area contributed by atoms with Crippen molar-refractivity contribution in [1.29, 1.82) is 0 Å². The van der Waals surface area contributed by atoms with Crippen molar-refractivity contribution in [3.8, 4) is 0 Å². The Labute approximate surface area is 117 Å². The van der Waals surface area contributed by atoms with Crippen molar-refractivity contribution in [1.82, 2.24) is 0 Å². The third-order valence-electron chi connectivity index (χ3n) is 1.92. The molecule has 1 aromatic rings. The molecule has 0 aliphatic carbocycles. The number of hydrogen-bond acceptors (Lipinski definition) is 5. The van der Waals surface area contributed by atoms with Crippen LogP contribution >= 0.6 is 29.8 Å². The van der Waals surface area contributed by atoms with E-state index in [1.165, 1.54) is 4.90 Å². The molecule has 0 heterocycles. The summed E-state index contributed by atoms with van der Waals surface area (Å²) in [6, 6.07) is 8.01. The zero-order valence-electron chi connectivity index (χ0n) is 10.7. The average molecular weight is 304 g/mol. The minimum Gasteiger partial charge on any atom is -0.566 e. The van der Waals surface area contributed by atoms with Gasteiger partial charge in [-0.3, -0.25) is 0 Å². The molecule has 0 saturated heterocycles. The minimum atomic E-state index is -2.74. The van der Waals surface area contributed by atoms with E-state index in [0.717, 1.165) is 5.56 Å². The Kier molecular flexibility index (Phi) is 6.67. The molecule has 0 bridgehead atoms. The second kappa shape index (κ2) is 7.51. The van der Waals surface area contributed by atoms with Crippen LogP contribution in [0.4, 0.5) is 0 Å². The zero-order valence-corrected chi connectivity index (χ0v) is 13.2. The van der Waals surface area contributed by atoms with Gasteiger partial charge in [0.15, 0.2) is 0 Å². The van der Waals surface area contributed by atoms with Crippen LogP contribution in [-0.2, 0) is 15.5 Å². The Bertz CT molecular complexity index is 405. The molecule has 0 aliphatic heterocycles. The highest BCUT2D eigenvalue weighted by molar-refractivity contribution is 8.77. The van der Waals surface area contributed by atoms with Crippen LogP contribution in [-0.4, -0.2) is 11.4 Å². The van der Waals surface area contributed by atoms with Crippen molar-refractivity contribution in [3.63, 3.8) is 0 Å². The number of hydrogen-bond donors (Lipinski definition) is 0. The van der Waals surface area contributed by atoms with Crippen LogP contribution in [0.25, 0.3) is 0 Å². The van der Waals surface area contributed by atoms with Crippen molar-refractivity contribution in [2.75, 3.05) is 6.61 Å². The lowest BCUT2D eigenvalue weighted by Crippen LogP contribution is -2.04. The van der Waals surface area contributed by atoms with Gasteiger partial charge >= 0.3 is 8.25 Å². The molecule has 1 unspecified atom stereocenters. The van der Waals surface area contributed by atoms with E-state index in [0.29, 0.717) is 6.42 Å². The molecule has 0 radical (unpaired) electrons. The maximum Gasteiger partial charge on any atom is 0.488 e. The molecule has 0 aromatic heterocycles. The second-order valence-electron chi connectivity index (χ2n) is 4.69. The summed E-state index contributed by atoms with van der Waals surface area (Å²) in [4.78, 5) is 11.5. The smallest absolute Gasteiger partial charge is 0.488 e. The Hall–Kier alpha value is -0.0600. The summed E-state index contributed by atoms with van der Waals surface area (Å²) < 4.78 is 15.1. The molecule has 0 N–H and O–H groups in total. The molecular formula is C12H17O3PS2. The monoisotopic (exact) mass is 304 g/mol. The van der Waals surface area contributed by atoms with Crippen LogP contribution in [0.15, 0.2) is 29.2 Å². The largest absolute Gasteiger partial charge is 0.566 e. The van der Waals surface area contributed by atoms with Crippen molar-refractivity contribution < 1.29 is 14.0 Å². The molecule has 1 aromatic carbocycles. The van der Waals surface area contributed by atoms with E-state index in [9.17, 15) is 9.46 Å². The molecule has 100 valence electrons.